The standard InChI is InChI=1S/C10H5ClN4O/c11-10-13-5-7-9(15-10)16-8(14-7)6-1-3-12-4-2-6/h1-5H. The normalized spacial score (nSPS) is 10.8. The Kier molecular flexibility index (Phi) is 2.04. The van der Waals surface area contributed by atoms with Crippen LogP contribution in [-0.2, 0) is 0 Å². The molecular weight excluding hydrogens is 228 g/mol. The molecule has 0 aliphatic rings. The summed E-state index contributed by atoms with van der Waals surface area (Å²) in [5, 5.41) is 0.143. The van der Waals surface area contributed by atoms with E-state index in [4.69, 9.17) is 16.0 Å². The molecule has 0 N–H and O–H groups in total. The molecule has 3 aromatic rings. The minimum absolute atomic E-state index is 0.143. The lowest BCUT2D eigenvalue weighted by Gasteiger charge is -1.90. The summed E-state index contributed by atoms with van der Waals surface area (Å²) < 4.78 is 5.46. The molecule has 0 aromatic carbocycles. The lowest BCUT2D eigenvalue weighted by molar-refractivity contribution is 0.607. The molecule has 0 amide bonds. The van der Waals surface area contributed by atoms with E-state index in [9.17, 15) is 0 Å². The summed E-state index contributed by atoms with van der Waals surface area (Å²) in [6.07, 6.45) is 4.87. The van der Waals surface area contributed by atoms with Crippen molar-refractivity contribution in [3.05, 3.63) is 36.0 Å². The van der Waals surface area contributed by atoms with Gasteiger partial charge in [0, 0.05) is 18.0 Å². The Morgan fingerprint density at radius 3 is 2.75 bits per heavy atom. The minimum Gasteiger partial charge on any atom is -0.418 e. The van der Waals surface area contributed by atoms with Crippen molar-refractivity contribution in [2.45, 2.75) is 0 Å². The molecule has 0 aliphatic heterocycles. The van der Waals surface area contributed by atoms with Crippen LogP contribution in [-0.4, -0.2) is 19.9 Å². The van der Waals surface area contributed by atoms with Crippen molar-refractivity contribution in [3.63, 3.8) is 0 Å². The Hall–Kier alpha value is -2.01. The Balaban J connectivity index is 2.19. The van der Waals surface area contributed by atoms with Gasteiger partial charge in [-0.05, 0) is 23.7 Å². The van der Waals surface area contributed by atoms with Gasteiger partial charge < -0.3 is 4.42 Å². The first-order valence-corrected chi connectivity index (χ1v) is 4.90. The number of nitrogens with zero attached hydrogens (tertiary/aromatic N) is 4. The summed E-state index contributed by atoms with van der Waals surface area (Å²) in [6, 6.07) is 3.61. The molecule has 3 heterocycles. The van der Waals surface area contributed by atoms with Gasteiger partial charge in [0.05, 0.1) is 6.20 Å². The molecule has 0 atom stereocenters. The van der Waals surface area contributed by atoms with E-state index in [2.05, 4.69) is 19.9 Å². The number of aromatic nitrogens is 4. The Bertz CT molecular complexity index is 638. The molecule has 0 saturated carbocycles. The fraction of sp³-hybridized carbons (Fsp3) is 0. The fourth-order valence-corrected chi connectivity index (χ4v) is 1.46. The highest BCUT2D eigenvalue weighted by Gasteiger charge is 2.09. The lowest BCUT2D eigenvalue weighted by atomic mass is 10.3. The monoisotopic (exact) mass is 232 g/mol. The summed E-state index contributed by atoms with van der Waals surface area (Å²) in [7, 11) is 0. The predicted molar refractivity (Wildman–Crippen MR) is 57.8 cm³/mol. The van der Waals surface area contributed by atoms with Crippen LogP contribution in [0.3, 0.4) is 0 Å². The van der Waals surface area contributed by atoms with Gasteiger partial charge in [0.2, 0.25) is 11.2 Å². The molecule has 78 valence electrons. The second-order valence-electron chi connectivity index (χ2n) is 3.08. The number of pyridine rings is 1. The van der Waals surface area contributed by atoms with E-state index in [-0.39, 0.29) is 5.28 Å². The van der Waals surface area contributed by atoms with Crippen LogP contribution in [0.2, 0.25) is 5.28 Å². The molecule has 0 radical (unpaired) electrons. The van der Waals surface area contributed by atoms with Gasteiger partial charge in [-0.25, -0.2) is 9.97 Å². The van der Waals surface area contributed by atoms with Crippen LogP contribution in [0.5, 0.6) is 0 Å². The molecule has 0 aliphatic carbocycles. The van der Waals surface area contributed by atoms with Gasteiger partial charge in [-0.15, -0.1) is 0 Å². The molecule has 5 nitrogen and oxygen atoms in total. The summed E-state index contributed by atoms with van der Waals surface area (Å²) in [4.78, 5) is 15.9. The van der Waals surface area contributed by atoms with Crippen LogP contribution in [0.25, 0.3) is 22.7 Å². The van der Waals surface area contributed by atoms with Crippen LogP contribution in [0, 0.1) is 0 Å². The lowest BCUT2D eigenvalue weighted by Crippen LogP contribution is -1.80. The number of rotatable bonds is 1. The van der Waals surface area contributed by atoms with E-state index in [1.165, 1.54) is 6.20 Å². The van der Waals surface area contributed by atoms with Crippen molar-refractivity contribution in [1.82, 2.24) is 19.9 Å². The van der Waals surface area contributed by atoms with Gasteiger partial charge in [0.1, 0.15) is 5.52 Å². The second kappa shape index (κ2) is 3.53. The van der Waals surface area contributed by atoms with E-state index >= 15 is 0 Å². The number of hydrogen-bond acceptors (Lipinski definition) is 5. The molecule has 0 unspecified atom stereocenters. The number of hydrogen-bond donors (Lipinski definition) is 0. The first kappa shape index (κ1) is 9.23. The molecule has 0 spiro atoms. The maximum Gasteiger partial charge on any atom is 0.251 e. The van der Waals surface area contributed by atoms with Crippen LogP contribution in [0.15, 0.2) is 35.1 Å². The number of fused-ring (bicyclic) bond motifs is 1. The first-order chi connectivity index (χ1) is 7.83. The molecule has 3 aromatic heterocycles. The van der Waals surface area contributed by atoms with Crippen LogP contribution >= 0.6 is 11.6 Å². The highest BCUT2D eigenvalue weighted by molar-refractivity contribution is 6.28. The van der Waals surface area contributed by atoms with Gasteiger partial charge in [-0.3, -0.25) is 4.98 Å². The van der Waals surface area contributed by atoms with Crippen LogP contribution < -0.4 is 0 Å². The summed E-state index contributed by atoms with van der Waals surface area (Å²) >= 11 is 5.65. The topological polar surface area (TPSA) is 64.7 Å². The molecule has 16 heavy (non-hydrogen) atoms. The van der Waals surface area contributed by atoms with Gasteiger partial charge in [-0.2, -0.15) is 4.98 Å². The highest BCUT2D eigenvalue weighted by Crippen LogP contribution is 2.22. The van der Waals surface area contributed by atoms with E-state index < -0.39 is 0 Å². The highest BCUT2D eigenvalue weighted by atomic mass is 35.5. The zero-order chi connectivity index (χ0) is 11.0. The van der Waals surface area contributed by atoms with Gasteiger partial charge in [0.15, 0.2) is 0 Å². The second-order valence-corrected chi connectivity index (χ2v) is 3.42. The smallest absolute Gasteiger partial charge is 0.251 e. The van der Waals surface area contributed by atoms with Crippen molar-refractivity contribution in [2.24, 2.45) is 0 Å². The molecule has 0 saturated heterocycles. The fourth-order valence-electron chi connectivity index (χ4n) is 1.33. The first-order valence-electron chi connectivity index (χ1n) is 4.52. The maximum absolute atomic E-state index is 5.65. The zero-order valence-electron chi connectivity index (χ0n) is 7.96. The van der Waals surface area contributed by atoms with E-state index in [1.54, 1.807) is 24.5 Å². The van der Waals surface area contributed by atoms with Crippen LogP contribution in [0.4, 0.5) is 0 Å². The third-order valence-electron chi connectivity index (χ3n) is 2.05. The number of halogens is 1. The van der Waals surface area contributed by atoms with E-state index in [1.807, 2.05) is 0 Å². The average Bonchev–Trinajstić information content (AvgIpc) is 2.73. The largest absolute Gasteiger partial charge is 0.418 e. The van der Waals surface area contributed by atoms with Crippen LogP contribution in [0.1, 0.15) is 0 Å². The van der Waals surface area contributed by atoms with Gasteiger partial charge in [-0.1, -0.05) is 0 Å². The molecule has 6 heteroatoms. The molecule has 0 bridgehead atoms. The quantitative estimate of drug-likeness (QED) is 0.603. The Morgan fingerprint density at radius 2 is 1.94 bits per heavy atom. The van der Waals surface area contributed by atoms with Gasteiger partial charge >= 0.3 is 0 Å². The van der Waals surface area contributed by atoms with Crippen molar-refractivity contribution in [2.75, 3.05) is 0 Å². The predicted octanol–water partition coefficient (Wildman–Crippen LogP) is 2.33. The average molecular weight is 233 g/mol. The maximum atomic E-state index is 5.65. The van der Waals surface area contributed by atoms with Crippen molar-refractivity contribution in [1.29, 1.82) is 0 Å². The SMILES string of the molecule is Clc1ncc2nc(-c3ccncc3)oc2n1. The van der Waals surface area contributed by atoms with E-state index in [0.717, 1.165) is 5.56 Å². The molecule has 0 fully saturated rings. The minimum atomic E-state index is 0.143. The Labute approximate surface area is 95.1 Å². The number of oxazole rings is 1. The summed E-state index contributed by atoms with van der Waals surface area (Å²) in [5.74, 6) is 0.481. The van der Waals surface area contributed by atoms with E-state index in [0.29, 0.717) is 17.1 Å². The third kappa shape index (κ3) is 1.51. The third-order valence-corrected chi connectivity index (χ3v) is 2.23. The summed E-state index contributed by atoms with van der Waals surface area (Å²) in [5.41, 5.74) is 1.80. The molecule has 3 rings (SSSR count). The van der Waals surface area contributed by atoms with Crippen molar-refractivity contribution < 1.29 is 4.42 Å². The zero-order valence-corrected chi connectivity index (χ0v) is 8.72. The van der Waals surface area contributed by atoms with Crippen molar-refractivity contribution in [3.8, 4) is 11.5 Å². The molecular formula is C10H5ClN4O. The van der Waals surface area contributed by atoms with Crippen molar-refractivity contribution >= 4 is 22.8 Å². The Morgan fingerprint density at radius 1 is 1.12 bits per heavy atom. The summed E-state index contributed by atoms with van der Waals surface area (Å²) in [6.45, 7) is 0. The van der Waals surface area contributed by atoms with Gasteiger partial charge in [0.25, 0.3) is 5.71 Å².